The van der Waals surface area contributed by atoms with Gasteiger partial charge < -0.3 is 0 Å². The lowest BCUT2D eigenvalue weighted by atomic mass is 10.1. The van der Waals surface area contributed by atoms with Crippen LogP contribution in [0.1, 0.15) is 35.7 Å². The van der Waals surface area contributed by atoms with E-state index in [0.717, 1.165) is 5.56 Å². The second-order valence-corrected chi connectivity index (χ2v) is 5.96. The van der Waals surface area contributed by atoms with Crippen molar-refractivity contribution in [1.29, 1.82) is 5.26 Å². The molecule has 3 aromatic rings. The van der Waals surface area contributed by atoms with Gasteiger partial charge in [-0.05, 0) is 31.5 Å². The maximum absolute atomic E-state index is 12.5. The summed E-state index contributed by atoms with van der Waals surface area (Å²) in [4.78, 5) is 34.9. The second-order valence-electron chi connectivity index (χ2n) is 5.96. The average molecular weight is 350 g/mol. The fourth-order valence-corrected chi connectivity index (χ4v) is 2.61. The summed E-state index contributed by atoms with van der Waals surface area (Å²) in [5, 5.41) is 11.9. The van der Waals surface area contributed by atoms with E-state index in [2.05, 4.69) is 21.1 Å². The molecule has 2 heterocycles. The summed E-state index contributed by atoms with van der Waals surface area (Å²) in [6.45, 7) is 5.42. The predicted octanol–water partition coefficient (Wildman–Crippen LogP) is 1.85. The van der Waals surface area contributed by atoms with Crippen LogP contribution in [0.5, 0.6) is 0 Å². The highest BCUT2D eigenvalue weighted by molar-refractivity contribution is 5.91. The highest BCUT2D eigenvalue weighted by atomic mass is 16.2. The molecule has 132 valence electrons. The Kier molecular flexibility index (Phi) is 4.54. The molecule has 8 heteroatoms. The summed E-state index contributed by atoms with van der Waals surface area (Å²) in [5.74, 6) is 0.300. The van der Waals surface area contributed by atoms with Crippen LogP contribution < -0.4 is 10.5 Å². The van der Waals surface area contributed by atoms with Gasteiger partial charge in [-0.2, -0.15) is 14.8 Å². The monoisotopic (exact) mass is 350 g/mol. The molecule has 0 fully saturated rings. The van der Waals surface area contributed by atoms with Gasteiger partial charge in [0.25, 0.3) is 11.3 Å². The Labute approximate surface area is 149 Å². The van der Waals surface area contributed by atoms with Crippen LogP contribution in [-0.4, -0.2) is 25.5 Å². The van der Waals surface area contributed by atoms with E-state index in [-0.39, 0.29) is 36.2 Å². The number of H-pyrrole nitrogens is 1. The van der Waals surface area contributed by atoms with Crippen LogP contribution in [-0.2, 0) is 11.3 Å². The Morgan fingerprint density at radius 1 is 1.35 bits per heavy atom. The molecule has 2 aromatic heterocycles. The number of aryl methyl sites for hydroxylation is 1. The van der Waals surface area contributed by atoms with Crippen molar-refractivity contribution >= 4 is 17.6 Å². The molecule has 3 rings (SSSR count). The number of amides is 1. The number of anilines is 1. The molecule has 0 saturated heterocycles. The zero-order valence-electron chi connectivity index (χ0n) is 14.8. The van der Waals surface area contributed by atoms with Crippen molar-refractivity contribution in [3.8, 4) is 6.07 Å². The summed E-state index contributed by atoms with van der Waals surface area (Å²) in [6, 6.07) is 9.10. The Hall–Kier alpha value is -3.47. The minimum Gasteiger partial charge on any atom is -0.277 e. The summed E-state index contributed by atoms with van der Waals surface area (Å²) >= 11 is 0. The lowest BCUT2D eigenvalue weighted by Crippen LogP contribution is -2.31. The first-order valence-corrected chi connectivity index (χ1v) is 8.20. The van der Waals surface area contributed by atoms with Crippen molar-refractivity contribution in [2.45, 2.75) is 33.7 Å². The number of nitriles is 1. The molecule has 0 atom stereocenters. The van der Waals surface area contributed by atoms with Gasteiger partial charge in [0.2, 0.25) is 11.9 Å². The van der Waals surface area contributed by atoms with Gasteiger partial charge in [-0.1, -0.05) is 19.1 Å². The van der Waals surface area contributed by atoms with Gasteiger partial charge in [-0.3, -0.25) is 19.6 Å². The van der Waals surface area contributed by atoms with Gasteiger partial charge in [-0.25, -0.2) is 4.98 Å². The van der Waals surface area contributed by atoms with Crippen molar-refractivity contribution in [3.05, 3.63) is 57.0 Å². The fourth-order valence-electron chi connectivity index (χ4n) is 2.61. The first-order valence-electron chi connectivity index (χ1n) is 8.20. The number of nitrogens with one attached hydrogen (secondary N) is 1. The molecule has 1 aromatic carbocycles. The van der Waals surface area contributed by atoms with Crippen LogP contribution >= 0.6 is 0 Å². The van der Waals surface area contributed by atoms with Crippen LogP contribution in [0.25, 0.3) is 5.78 Å². The van der Waals surface area contributed by atoms with Gasteiger partial charge in [0.05, 0.1) is 18.2 Å². The third-order valence-corrected chi connectivity index (χ3v) is 4.21. The number of carbonyl (C=O) groups excluding carboxylic acids is 1. The number of fused-ring (bicyclic) bond motifs is 1. The molecule has 0 spiro atoms. The zero-order valence-corrected chi connectivity index (χ0v) is 14.8. The third kappa shape index (κ3) is 3.07. The topological polar surface area (TPSA) is 107 Å². The van der Waals surface area contributed by atoms with E-state index in [1.807, 2.05) is 6.07 Å². The maximum atomic E-state index is 12.5. The Morgan fingerprint density at radius 3 is 2.81 bits per heavy atom. The standard InChI is InChI=1S/C18H18N6O2/c1-4-15(25)23(10-14-7-5-6-13(8-14)9-19)18-21-17-20-12(3)11(2)16(26)24(17)22-18/h5-8H,4,10H2,1-3H3,(H,20,21,22). The predicted molar refractivity (Wildman–Crippen MR) is 95.7 cm³/mol. The highest BCUT2D eigenvalue weighted by Gasteiger charge is 2.20. The van der Waals surface area contributed by atoms with E-state index in [1.165, 1.54) is 9.42 Å². The van der Waals surface area contributed by atoms with E-state index in [1.54, 1.807) is 39.0 Å². The first-order chi connectivity index (χ1) is 12.4. The number of carbonyl (C=O) groups is 1. The number of aromatic amines is 1. The fraction of sp³-hybridized carbons (Fsp3) is 0.278. The summed E-state index contributed by atoms with van der Waals surface area (Å²) < 4.78 is 1.24. The highest BCUT2D eigenvalue weighted by Crippen LogP contribution is 2.16. The molecular weight excluding hydrogens is 332 g/mol. The third-order valence-electron chi connectivity index (χ3n) is 4.21. The van der Waals surface area contributed by atoms with E-state index >= 15 is 0 Å². The summed E-state index contributed by atoms with van der Waals surface area (Å²) in [5.41, 5.74) is 2.18. The van der Waals surface area contributed by atoms with Crippen LogP contribution in [0.4, 0.5) is 5.95 Å². The summed E-state index contributed by atoms with van der Waals surface area (Å²) in [6.07, 6.45) is 0.273. The van der Waals surface area contributed by atoms with E-state index in [9.17, 15) is 9.59 Å². The van der Waals surface area contributed by atoms with Gasteiger partial charge >= 0.3 is 0 Å². The normalized spacial score (nSPS) is 10.7. The zero-order chi connectivity index (χ0) is 18.8. The number of aromatic nitrogens is 4. The largest absolute Gasteiger partial charge is 0.277 e. The molecule has 1 N–H and O–H groups in total. The van der Waals surface area contributed by atoms with Crippen LogP contribution in [0.3, 0.4) is 0 Å². The Balaban J connectivity index is 2.07. The Bertz CT molecular complexity index is 1090. The molecule has 0 radical (unpaired) electrons. The average Bonchev–Trinajstić information content (AvgIpc) is 3.07. The smallest absolute Gasteiger partial charge is 0.277 e. The van der Waals surface area contributed by atoms with Gasteiger partial charge in [0, 0.05) is 17.7 Å². The number of hydrogen-bond acceptors (Lipinski definition) is 5. The van der Waals surface area contributed by atoms with Crippen molar-refractivity contribution < 1.29 is 4.79 Å². The molecule has 0 unspecified atom stereocenters. The van der Waals surface area contributed by atoms with E-state index in [0.29, 0.717) is 16.8 Å². The molecule has 8 nitrogen and oxygen atoms in total. The lowest BCUT2D eigenvalue weighted by Gasteiger charge is -2.19. The molecule has 0 aliphatic carbocycles. The minimum absolute atomic E-state index is 0.159. The van der Waals surface area contributed by atoms with Gasteiger partial charge in [0.15, 0.2) is 0 Å². The van der Waals surface area contributed by atoms with Crippen molar-refractivity contribution in [2.75, 3.05) is 4.90 Å². The van der Waals surface area contributed by atoms with Gasteiger partial charge in [0.1, 0.15) is 0 Å². The van der Waals surface area contributed by atoms with Crippen molar-refractivity contribution in [3.63, 3.8) is 0 Å². The van der Waals surface area contributed by atoms with E-state index in [4.69, 9.17) is 5.26 Å². The van der Waals surface area contributed by atoms with Crippen LogP contribution in [0, 0.1) is 25.2 Å². The number of rotatable bonds is 4. The number of nitrogens with zero attached hydrogens (tertiary/aromatic N) is 5. The molecule has 0 aliphatic heterocycles. The molecular formula is C18H18N6O2. The Morgan fingerprint density at radius 2 is 2.12 bits per heavy atom. The summed E-state index contributed by atoms with van der Waals surface area (Å²) in [7, 11) is 0. The SMILES string of the molecule is CCC(=O)N(Cc1cccc(C#N)c1)c1nc2nc(C)c(C)c(=O)n2[nH]1. The quantitative estimate of drug-likeness (QED) is 0.772. The van der Waals surface area contributed by atoms with E-state index < -0.39 is 0 Å². The molecule has 0 saturated carbocycles. The first kappa shape index (κ1) is 17.4. The molecule has 0 bridgehead atoms. The molecule has 26 heavy (non-hydrogen) atoms. The van der Waals surface area contributed by atoms with Crippen molar-refractivity contribution in [1.82, 2.24) is 19.6 Å². The lowest BCUT2D eigenvalue weighted by molar-refractivity contribution is -0.118. The second kappa shape index (κ2) is 6.80. The van der Waals surface area contributed by atoms with Crippen molar-refractivity contribution in [2.24, 2.45) is 0 Å². The number of benzene rings is 1. The van der Waals surface area contributed by atoms with Gasteiger partial charge in [-0.15, -0.1) is 0 Å². The van der Waals surface area contributed by atoms with Crippen LogP contribution in [0.2, 0.25) is 0 Å². The molecule has 1 amide bonds. The maximum Gasteiger partial charge on any atom is 0.277 e. The molecule has 0 aliphatic rings. The minimum atomic E-state index is -0.248. The van der Waals surface area contributed by atoms with Crippen LogP contribution in [0.15, 0.2) is 29.1 Å². The number of hydrogen-bond donors (Lipinski definition) is 1.